The van der Waals surface area contributed by atoms with Crippen molar-refractivity contribution in [1.82, 2.24) is 15.2 Å². The minimum Gasteiger partial charge on any atom is -0.448 e. The molecule has 7 heteroatoms. The van der Waals surface area contributed by atoms with Gasteiger partial charge in [0.15, 0.2) is 12.1 Å². The molecule has 1 aromatic heterocycles. The van der Waals surface area contributed by atoms with Gasteiger partial charge < -0.3 is 14.6 Å². The minimum atomic E-state index is -0.325. The summed E-state index contributed by atoms with van der Waals surface area (Å²) >= 11 is 6.13. The molecule has 0 bridgehead atoms. The van der Waals surface area contributed by atoms with Crippen molar-refractivity contribution in [2.75, 3.05) is 6.54 Å². The molecule has 2 heterocycles. The van der Waals surface area contributed by atoms with E-state index in [1.807, 2.05) is 18.2 Å². The van der Waals surface area contributed by atoms with E-state index in [-0.39, 0.29) is 30.0 Å². The minimum absolute atomic E-state index is 0.00732. The van der Waals surface area contributed by atoms with Gasteiger partial charge in [-0.15, -0.1) is 0 Å². The molecule has 2 aromatic rings. The molecule has 3 rings (SSSR count). The molecule has 1 N–H and O–H groups in total. The number of aryl methyl sites for hydroxylation is 1. The SMILES string of the molecule is Cc1ocnc1C(=O)NC1CC(=O)N(Cc2ccccc2Cl)C1. The first-order valence-electron chi connectivity index (χ1n) is 7.26. The highest BCUT2D eigenvalue weighted by atomic mass is 35.5. The van der Waals surface area contributed by atoms with E-state index >= 15 is 0 Å². The van der Waals surface area contributed by atoms with E-state index in [0.717, 1.165) is 5.56 Å². The van der Waals surface area contributed by atoms with Crippen molar-refractivity contribution in [2.24, 2.45) is 0 Å². The number of hydrogen-bond donors (Lipinski definition) is 1. The number of benzene rings is 1. The van der Waals surface area contributed by atoms with E-state index in [2.05, 4.69) is 10.3 Å². The van der Waals surface area contributed by atoms with E-state index in [4.69, 9.17) is 16.0 Å². The van der Waals surface area contributed by atoms with Crippen molar-refractivity contribution < 1.29 is 14.0 Å². The van der Waals surface area contributed by atoms with Crippen molar-refractivity contribution in [1.29, 1.82) is 0 Å². The second-order valence-corrected chi connectivity index (χ2v) is 5.90. The van der Waals surface area contributed by atoms with Crippen LogP contribution < -0.4 is 5.32 Å². The van der Waals surface area contributed by atoms with Gasteiger partial charge in [0.1, 0.15) is 5.76 Å². The fourth-order valence-electron chi connectivity index (χ4n) is 2.63. The van der Waals surface area contributed by atoms with Gasteiger partial charge in [-0.2, -0.15) is 0 Å². The molecule has 6 nitrogen and oxygen atoms in total. The molecule has 1 aliphatic heterocycles. The fraction of sp³-hybridized carbons (Fsp3) is 0.312. The van der Waals surface area contributed by atoms with E-state index < -0.39 is 0 Å². The third-order valence-electron chi connectivity index (χ3n) is 3.83. The van der Waals surface area contributed by atoms with Crippen molar-refractivity contribution in [3.05, 3.63) is 52.7 Å². The predicted octanol–water partition coefficient (Wildman–Crippen LogP) is 2.17. The first-order chi connectivity index (χ1) is 11.0. The molecule has 0 aliphatic carbocycles. The van der Waals surface area contributed by atoms with Crippen molar-refractivity contribution in [3.8, 4) is 0 Å². The molecule has 1 unspecified atom stereocenters. The zero-order valence-corrected chi connectivity index (χ0v) is 13.3. The largest absolute Gasteiger partial charge is 0.448 e. The van der Waals surface area contributed by atoms with E-state index in [1.165, 1.54) is 6.39 Å². The Morgan fingerprint density at radius 1 is 1.48 bits per heavy atom. The van der Waals surface area contributed by atoms with Crippen LogP contribution >= 0.6 is 11.6 Å². The van der Waals surface area contributed by atoms with Crippen LogP contribution in [0.5, 0.6) is 0 Å². The molecule has 2 amide bonds. The molecule has 1 saturated heterocycles. The summed E-state index contributed by atoms with van der Waals surface area (Å²) in [7, 11) is 0. The summed E-state index contributed by atoms with van der Waals surface area (Å²) in [5.74, 6) is 0.125. The molecule has 23 heavy (non-hydrogen) atoms. The molecule has 0 spiro atoms. The fourth-order valence-corrected chi connectivity index (χ4v) is 2.83. The molecule has 0 radical (unpaired) electrons. The number of amides is 2. The number of rotatable bonds is 4. The van der Waals surface area contributed by atoms with E-state index in [0.29, 0.717) is 23.9 Å². The molecule has 1 aliphatic rings. The first-order valence-corrected chi connectivity index (χ1v) is 7.64. The highest BCUT2D eigenvalue weighted by molar-refractivity contribution is 6.31. The number of nitrogens with zero attached hydrogens (tertiary/aromatic N) is 2. The zero-order valence-electron chi connectivity index (χ0n) is 12.6. The Morgan fingerprint density at radius 3 is 2.96 bits per heavy atom. The molecular formula is C16H16ClN3O3. The summed E-state index contributed by atoms with van der Waals surface area (Å²) in [5, 5.41) is 3.46. The molecule has 1 fully saturated rings. The number of carbonyl (C=O) groups excluding carboxylic acids is 2. The number of nitrogens with one attached hydrogen (secondary N) is 1. The van der Waals surface area contributed by atoms with Gasteiger partial charge in [-0.1, -0.05) is 29.8 Å². The average molecular weight is 334 g/mol. The monoisotopic (exact) mass is 333 g/mol. The number of oxazole rings is 1. The van der Waals surface area contributed by atoms with Gasteiger partial charge in [-0.25, -0.2) is 4.98 Å². The van der Waals surface area contributed by atoms with Crippen LogP contribution in [-0.2, 0) is 11.3 Å². The molecule has 120 valence electrons. The average Bonchev–Trinajstić information content (AvgIpc) is 3.08. The number of carbonyl (C=O) groups is 2. The topological polar surface area (TPSA) is 75.4 Å². The van der Waals surface area contributed by atoms with Crippen LogP contribution in [0, 0.1) is 6.92 Å². The van der Waals surface area contributed by atoms with Gasteiger partial charge in [-0.05, 0) is 18.6 Å². The Hall–Kier alpha value is -2.34. The van der Waals surface area contributed by atoms with Crippen LogP contribution in [0.15, 0.2) is 35.1 Å². The van der Waals surface area contributed by atoms with Crippen LogP contribution in [0.3, 0.4) is 0 Å². The Kier molecular flexibility index (Phi) is 4.34. The Bertz CT molecular complexity index is 744. The standard InChI is InChI=1S/C16H16ClN3O3/c1-10-15(18-9-23-10)16(22)19-12-6-14(21)20(8-12)7-11-4-2-3-5-13(11)17/h2-5,9,12H,6-8H2,1H3,(H,19,22). The van der Waals surface area contributed by atoms with E-state index in [1.54, 1.807) is 17.9 Å². The number of halogens is 1. The van der Waals surface area contributed by atoms with Crippen molar-refractivity contribution >= 4 is 23.4 Å². The van der Waals surface area contributed by atoms with Gasteiger partial charge >= 0.3 is 0 Å². The zero-order chi connectivity index (χ0) is 16.4. The number of aromatic nitrogens is 1. The van der Waals surface area contributed by atoms with E-state index in [9.17, 15) is 9.59 Å². The summed E-state index contributed by atoms with van der Waals surface area (Å²) in [4.78, 5) is 29.8. The lowest BCUT2D eigenvalue weighted by molar-refractivity contribution is -0.128. The van der Waals surface area contributed by atoms with Crippen LogP contribution in [0.4, 0.5) is 0 Å². The van der Waals surface area contributed by atoms with Crippen LogP contribution in [0.25, 0.3) is 0 Å². The van der Waals surface area contributed by atoms with Crippen LogP contribution in [-0.4, -0.2) is 34.3 Å². The van der Waals surface area contributed by atoms with Crippen molar-refractivity contribution in [3.63, 3.8) is 0 Å². The lowest BCUT2D eigenvalue weighted by Crippen LogP contribution is -2.37. The van der Waals surface area contributed by atoms with Crippen LogP contribution in [0.2, 0.25) is 5.02 Å². The number of hydrogen-bond acceptors (Lipinski definition) is 4. The third kappa shape index (κ3) is 3.37. The summed E-state index contributed by atoms with van der Waals surface area (Å²) < 4.78 is 5.02. The van der Waals surface area contributed by atoms with Crippen molar-refractivity contribution in [2.45, 2.75) is 25.9 Å². The third-order valence-corrected chi connectivity index (χ3v) is 4.20. The predicted molar refractivity (Wildman–Crippen MR) is 84.0 cm³/mol. The number of likely N-dealkylation sites (tertiary alicyclic amines) is 1. The molecular weight excluding hydrogens is 318 g/mol. The molecule has 1 aromatic carbocycles. The molecule has 1 atom stereocenters. The highest BCUT2D eigenvalue weighted by Gasteiger charge is 2.31. The van der Waals surface area contributed by atoms with Gasteiger partial charge in [0.05, 0.1) is 6.04 Å². The maximum absolute atomic E-state index is 12.1. The van der Waals surface area contributed by atoms with Gasteiger partial charge in [0, 0.05) is 24.5 Å². The second-order valence-electron chi connectivity index (χ2n) is 5.50. The quantitative estimate of drug-likeness (QED) is 0.930. The van der Waals surface area contributed by atoms with Gasteiger partial charge in [-0.3, -0.25) is 9.59 Å². The van der Waals surface area contributed by atoms with Gasteiger partial charge in [0.25, 0.3) is 5.91 Å². The smallest absolute Gasteiger partial charge is 0.273 e. The summed E-state index contributed by atoms with van der Waals surface area (Å²) in [6.45, 7) is 2.56. The summed E-state index contributed by atoms with van der Waals surface area (Å²) in [6, 6.07) is 7.17. The summed E-state index contributed by atoms with van der Waals surface area (Å²) in [5.41, 5.74) is 1.14. The van der Waals surface area contributed by atoms with Gasteiger partial charge in [0.2, 0.25) is 5.91 Å². The highest BCUT2D eigenvalue weighted by Crippen LogP contribution is 2.21. The Balaban J connectivity index is 1.63. The second kappa shape index (κ2) is 6.42. The maximum Gasteiger partial charge on any atom is 0.273 e. The Labute approximate surface area is 138 Å². The Morgan fingerprint density at radius 2 is 2.26 bits per heavy atom. The summed E-state index contributed by atoms with van der Waals surface area (Å²) in [6.07, 6.45) is 1.50. The lowest BCUT2D eigenvalue weighted by Gasteiger charge is -2.17. The molecule has 0 saturated carbocycles. The lowest BCUT2D eigenvalue weighted by atomic mass is 10.2. The maximum atomic E-state index is 12.1. The normalized spacial score (nSPS) is 17.6. The van der Waals surface area contributed by atoms with Crippen LogP contribution in [0.1, 0.15) is 28.2 Å². The first kappa shape index (κ1) is 15.6.